The Kier molecular flexibility index (Phi) is 42.2. The second-order valence-electron chi connectivity index (χ2n) is 14.2. The van der Waals surface area contributed by atoms with E-state index in [0.29, 0.717) is 12.8 Å². The smallest absolute Gasteiger partial charge is 0.310 e. The molecule has 0 spiro atoms. The molecule has 0 aliphatic heterocycles. The Hall–Kier alpha value is -4.19. The van der Waals surface area contributed by atoms with E-state index in [9.17, 15) is 14.4 Å². The van der Waals surface area contributed by atoms with Crippen molar-refractivity contribution in [3.63, 3.8) is 0 Å². The maximum absolute atomic E-state index is 12.7. The average Bonchev–Trinajstić information content (AvgIpc) is 3.22. The van der Waals surface area contributed by atoms with Crippen LogP contribution in [0.2, 0.25) is 0 Å². The van der Waals surface area contributed by atoms with Gasteiger partial charge in [-0.15, -0.1) is 0 Å². The molecular formula is C52H80O6. The Balaban J connectivity index is 4.67. The lowest BCUT2D eigenvalue weighted by molar-refractivity contribution is -0.166. The van der Waals surface area contributed by atoms with Crippen LogP contribution in [0.15, 0.2) is 122 Å². The van der Waals surface area contributed by atoms with E-state index >= 15 is 0 Å². The first-order valence-electron chi connectivity index (χ1n) is 22.5. The molecule has 6 heteroatoms. The highest BCUT2D eigenvalue weighted by molar-refractivity contribution is 5.72. The molecule has 0 bridgehead atoms. The fourth-order valence-electron chi connectivity index (χ4n) is 5.47. The number of hydrogen-bond acceptors (Lipinski definition) is 6. The molecule has 0 saturated heterocycles. The number of unbranched alkanes of at least 4 members (excludes halogenated alkanes) is 9. The maximum atomic E-state index is 12.7. The zero-order valence-electron chi connectivity index (χ0n) is 36.8. The van der Waals surface area contributed by atoms with Crippen LogP contribution in [0.25, 0.3) is 0 Å². The standard InChI is InChI=1S/C52H80O6/c1-4-7-10-13-16-19-22-24-26-28-30-33-36-39-42-45-51(54)57-48-49(47-56-50(53)44-41-38-35-32-21-18-15-12-9-6-3)58-52(55)46-43-40-37-34-31-29-27-25-23-20-17-14-11-8-5-2/h7-8,10-11,16-17,19-20,24-27,30-31,33-34,39-40,42-43,49H,4-6,9,12-15,18,21-23,28-29,32,35-38,41,44-48H2,1-3H3/b10-7-,11-8-,19-16-,20-17-,26-24-,27-25-,33-30-,34-31-,42-39-,43-40-. The molecule has 58 heavy (non-hydrogen) atoms. The van der Waals surface area contributed by atoms with Crippen molar-refractivity contribution in [2.75, 3.05) is 13.2 Å². The van der Waals surface area contributed by atoms with Crippen molar-refractivity contribution >= 4 is 17.9 Å². The van der Waals surface area contributed by atoms with Crippen molar-refractivity contribution in [2.24, 2.45) is 0 Å². The molecule has 0 fully saturated rings. The first kappa shape index (κ1) is 53.8. The Morgan fingerprint density at radius 3 is 1.05 bits per heavy atom. The van der Waals surface area contributed by atoms with E-state index in [1.54, 1.807) is 12.2 Å². The number of esters is 3. The summed E-state index contributed by atoms with van der Waals surface area (Å²) in [5, 5.41) is 0. The van der Waals surface area contributed by atoms with Gasteiger partial charge in [0.25, 0.3) is 0 Å². The summed E-state index contributed by atoms with van der Waals surface area (Å²) in [5.41, 5.74) is 0. The SMILES string of the molecule is CC/C=C\C/C=C\C/C=C\C/C=C\C/C=C\CC(=O)OCC(COC(=O)CCCCCCCCCCCC)OC(=O)C/C=C\C/C=C\C/C=C\C/C=C\C/C=C\CC. The van der Waals surface area contributed by atoms with Crippen LogP contribution in [0.1, 0.15) is 168 Å². The van der Waals surface area contributed by atoms with E-state index < -0.39 is 18.0 Å². The Labute approximate surface area is 354 Å². The molecule has 1 atom stereocenters. The molecule has 0 rings (SSSR count). The molecule has 0 heterocycles. The van der Waals surface area contributed by atoms with Crippen LogP contribution < -0.4 is 0 Å². The van der Waals surface area contributed by atoms with Crippen LogP contribution in [0, 0.1) is 0 Å². The molecule has 0 saturated carbocycles. The zero-order valence-corrected chi connectivity index (χ0v) is 36.8. The Morgan fingerprint density at radius 1 is 0.362 bits per heavy atom. The van der Waals surface area contributed by atoms with Gasteiger partial charge in [0.15, 0.2) is 6.10 Å². The molecule has 6 nitrogen and oxygen atoms in total. The van der Waals surface area contributed by atoms with Gasteiger partial charge in [0.2, 0.25) is 0 Å². The summed E-state index contributed by atoms with van der Waals surface area (Å²) in [6, 6.07) is 0. The van der Waals surface area contributed by atoms with Crippen LogP contribution in [0.3, 0.4) is 0 Å². The lowest BCUT2D eigenvalue weighted by Crippen LogP contribution is -2.30. The lowest BCUT2D eigenvalue weighted by atomic mass is 10.1. The Morgan fingerprint density at radius 2 is 0.672 bits per heavy atom. The Bertz CT molecular complexity index is 1290. The minimum atomic E-state index is -0.871. The van der Waals surface area contributed by atoms with E-state index in [2.05, 4.69) is 118 Å². The van der Waals surface area contributed by atoms with Crippen LogP contribution in [0.4, 0.5) is 0 Å². The molecule has 0 aromatic heterocycles. The van der Waals surface area contributed by atoms with Crippen LogP contribution in [-0.4, -0.2) is 37.2 Å². The second kappa shape index (κ2) is 45.5. The summed E-state index contributed by atoms with van der Waals surface area (Å²) in [4.78, 5) is 37.6. The molecular weight excluding hydrogens is 721 g/mol. The molecule has 324 valence electrons. The highest BCUT2D eigenvalue weighted by Crippen LogP contribution is 2.12. The minimum Gasteiger partial charge on any atom is -0.462 e. The second-order valence-corrected chi connectivity index (χ2v) is 14.2. The van der Waals surface area contributed by atoms with E-state index in [0.717, 1.165) is 77.0 Å². The summed E-state index contributed by atoms with van der Waals surface area (Å²) in [6.45, 7) is 6.18. The third kappa shape index (κ3) is 42.9. The predicted octanol–water partition coefficient (Wildman–Crippen LogP) is 14.6. The molecule has 0 radical (unpaired) electrons. The maximum Gasteiger partial charge on any atom is 0.310 e. The minimum absolute atomic E-state index is 0.0740. The summed E-state index contributed by atoms with van der Waals surface area (Å²) in [5.74, 6) is -1.23. The van der Waals surface area contributed by atoms with Gasteiger partial charge < -0.3 is 14.2 Å². The number of allylic oxidation sites excluding steroid dienone is 18. The number of rotatable bonds is 38. The van der Waals surface area contributed by atoms with Crippen molar-refractivity contribution < 1.29 is 28.6 Å². The van der Waals surface area contributed by atoms with Gasteiger partial charge in [0.05, 0.1) is 12.8 Å². The molecule has 0 aromatic rings. The largest absolute Gasteiger partial charge is 0.462 e. The van der Waals surface area contributed by atoms with Gasteiger partial charge in [-0.3, -0.25) is 14.4 Å². The van der Waals surface area contributed by atoms with E-state index in [4.69, 9.17) is 14.2 Å². The monoisotopic (exact) mass is 801 g/mol. The third-order valence-corrected chi connectivity index (χ3v) is 8.78. The first-order valence-corrected chi connectivity index (χ1v) is 22.5. The van der Waals surface area contributed by atoms with Gasteiger partial charge in [0, 0.05) is 6.42 Å². The lowest BCUT2D eigenvalue weighted by Gasteiger charge is -2.17. The van der Waals surface area contributed by atoms with Gasteiger partial charge in [-0.05, 0) is 70.6 Å². The zero-order chi connectivity index (χ0) is 42.3. The quantitative estimate of drug-likeness (QED) is 0.0268. The van der Waals surface area contributed by atoms with Crippen molar-refractivity contribution in [3.8, 4) is 0 Å². The van der Waals surface area contributed by atoms with Crippen LogP contribution in [0.5, 0.6) is 0 Å². The summed E-state index contributed by atoms with van der Waals surface area (Å²) in [7, 11) is 0. The average molecular weight is 801 g/mol. The number of hydrogen-bond donors (Lipinski definition) is 0. The fourth-order valence-corrected chi connectivity index (χ4v) is 5.47. The fraction of sp³-hybridized carbons (Fsp3) is 0.558. The van der Waals surface area contributed by atoms with Gasteiger partial charge in [-0.2, -0.15) is 0 Å². The molecule has 0 aromatic carbocycles. The summed E-state index contributed by atoms with van der Waals surface area (Å²) < 4.78 is 16.5. The van der Waals surface area contributed by atoms with Crippen molar-refractivity contribution in [3.05, 3.63) is 122 Å². The van der Waals surface area contributed by atoms with Gasteiger partial charge in [-0.1, -0.05) is 200 Å². The molecule has 0 aliphatic rings. The third-order valence-electron chi connectivity index (χ3n) is 8.78. The molecule has 0 N–H and O–H groups in total. The normalized spacial score (nSPS) is 13.2. The van der Waals surface area contributed by atoms with Gasteiger partial charge in [-0.25, -0.2) is 0 Å². The number of ether oxygens (including phenoxy) is 3. The molecule has 1 unspecified atom stereocenters. The number of carbonyl (C=O) groups is 3. The molecule has 0 amide bonds. The molecule has 0 aliphatic carbocycles. The van der Waals surface area contributed by atoms with Crippen molar-refractivity contribution in [2.45, 2.75) is 175 Å². The van der Waals surface area contributed by atoms with E-state index in [1.807, 2.05) is 12.2 Å². The van der Waals surface area contributed by atoms with Gasteiger partial charge in [0.1, 0.15) is 13.2 Å². The summed E-state index contributed by atoms with van der Waals surface area (Å²) >= 11 is 0. The van der Waals surface area contributed by atoms with E-state index in [-0.39, 0.29) is 32.0 Å². The first-order chi connectivity index (χ1) is 28.5. The van der Waals surface area contributed by atoms with Crippen LogP contribution in [-0.2, 0) is 28.6 Å². The van der Waals surface area contributed by atoms with Crippen molar-refractivity contribution in [1.82, 2.24) is 0 Å². The van der Waals surface area contributed by atoms with E-state index in [1.165, 1.54) is 44.9 Å². The van der Waals surface area contributed by atoms with Crippen molar-refractivity contribution in [1.29, 1.82) is 0 Å². The number of carbonyl (C=O) groups excluding carboxylic acids is 3. The highest BCUT2D eigenvalue weighted by atomic mass is 16.6. The summed E-state index contributed by atoms with van der Waals surface area (Å²) in [6.07, 6.45) is 62.3. The van der Waals surface area contributed by atoms with Gasteiger partial charge >= 0.3 is 17.9 Å². The van der Waals surface area contributed by atoms with Crippen LogP contribution >= 0.6 is 0 Å². The highest BCUT2D eigenvalue weighted by Gasteiger charge is 2.19. The topological polar surface area (TPSA) is 78.9 Å². The predicted molar refractivity (Wildman–Crippen MR) is 246 cm³/mol.